The van der Waals surface area contributed by atoms with Crippen LogP contribution in [0.5, 0.6) is 0 Å². The van der Waals surface area contributed by atoms with Crippen molar-refractivity contribution < 1.29 is 9.21 Å². The van der Waals surface area contributed by atoms with Gasteiger partial charge in [0.15, 0.2) is 0 Å². The number of nitrogens with one attached hydrogen (secondary N) is 1. The van der Waals surface area contributed by atoms with Crippen molar-refractivity contribution in [1.29, 1.82) is 0 Å². The van der Waals surface area contributed by atoms with Gasteiger partial charge in [-0.05, 0) is 71.7 Å². The molecule has 148 valence electrons. The third-order valence-electron chi connectivity index (χ3n) is 4.66. The van der Waals surface area contributed by atoms with Crippen LogP contribution in [-0.4, -0.2) is 10.9 Å². The molecule has 0 saturated carbocycles. The van der Waals surface area contributed by atoms with E-state index in [2.05, 4.69) is 23.3 Å². The Bertz CT molecular complexity index is 1200. The van der Waals surface area contributed by atoms with Crippen LogP contribution >= 0.6 is 11.6 Å². The molecule has 0 unspecified atom stereocenters. The molecule has 4 nitrogen and oxygen atoms in total. The topological polar surface area (TPSA) is 55.1 Å². The fourth-order valence-corrected chi connectivity index (χ4v) is 3.33. The van der Waals surface area contributed by atoms with Gasteiger partial charge in [0.2, 0.25) is 11.8 Å². The van der Waals surface area contributed by atoms with Crippen LogP contribution in [0.4, 0.5) is 5.69 Å². The highest BCUT2D eigenvalue weighted by Gasteiger charge is 2.08. The number of hydrogen-bond acceptors (Lipinski definition) is 3. The van der Waals surface area contributed by atoms with E-state index >= 15 is 0 Å². The number of oxazole rings is 1. The first-order chi connectivity index (χ1) is 14.6. The number of anilines is 1. The number of hydrogen-bond donors (Lipinski definition) is 1. The minimum atomic E-state index is -0.204. The summed E-state index contributed by atoms with van der Waals surface area (Å²) in [5, 5.41) is 3.50. The molecule has 30 heavy (non-hydrogen) atoms. The molecule has 0 aliphatic rings. The lowest BCUT2D eigenvalue weighted by molar-refractivity contribution is -0.111. The van der Waals surface area contributed by atoms with Crippen LogP contribution in [0.2, 0.25) is 5.02 Å². The molecule has 1 amide bonds. The van der Waals surface area contributed by atoms with Crippen LogP contribution in [0.1, 0.15) is 11.1 Å². The Morgan fingerprint density at radius 2 is 1.83 bits per heavy atom. The quantitative estimate of drug-likeness (QED) is 0.373. The van der Waals surface area contributed by atoms with Crippen molar-refractivity contribution in [1.82, 2.24) is 4.98 Å². The van der Waals surface area contributed by atoms with Crippen LogP contribution in [0.3, 0.4) is 0 Å². The molecule has 1 heterocycles. The SMILES string of the molecule is Cc1ccc(-c2ncco2)cc1-c1ccc(NC(=O)C=Cc2cccc(Cl)c2)cc1. The Labute approximate surface area is 179 Å². The molecule has 5 heteroatoms. The molecule has 4 aromatic rings. The van der Waals surface area contributed by atoms with Crippen molar-refractivity contribution in [3.63, 3.8) is 0 Å². The van der Waals surface area contributed by atoms with Gasteiger partial charge in [0.05, 0.1) is 6.20 Å². The molecular formula is C25H19ClN2O2. The molecule has 0 bridgehead atoms. The molecule has 4 rings (SSSR count). The van der Waals surface area contributed by atoms with Gasteiger partial charge in [-0.25, -0.2) is 4.98 Å². The number of benzene rings is 3. The average molecular weight is 415 g/mol. The molecule has 3 aromatic carbocycles. The van der Waals surface area contributed by atoms with Gasteiger partial charge in [-0.1, -0.05) is 41.9 Å². The second kappa shape index (κ2) is 8.80. The summed E-state index contributed by atoms with van der Waals surface area (Å²) in [7, 11) is 0. The largest absolute Gasteiger partial charge is 0.445 e. The van der Waals surface area contributed by atoms with E-state index in [4.69, 9.17) is 16.0 Å². The number of aryl methyl sites for hydroxylation is 1. The van der Waals surface area contributed by atoms with E-state index in [0.29, 0.717) is 10.9 Å². The number of rotatable bonds is 5. The Morgan fingerprint density at radius 1 is 1.03 bits per heavy atom. The smallest absolute Gasteiger partial charge is 0.248 e. The number of carbonyl (C=O) groups is 1. The molecule has 1 N–H and O–H groups in total. The van der Waals surface area contributed by atoms with Crippen LogP contribution in [0.25, 0.3) is 28.7 Å². The molecule has 0 atom stereocenters. The molecule has 0 spiro atoms. The first-order valence-electron chi connectivity index (χ1n) is 9.44. The standard InChI is InChI=1S/C25H19ClN2O2/c1-17-5-7-20(25-27-13-14-30-25)16-23(17)19-8-10-22(11-9-19)28-24(29)12-6-18-3-2-4-21(26)15-18/h2-16H,1H3,(H,28,29). The lowest BCUT2D eigenvalue weighted by atomic mass is 9.98. The third kappa shape index (κ3) is 4.67. The number of amides is 1. The van der Waals surface area contributed by atoms with Crippen molar-refractivity contribution in [2.45, 2.75) is 6.92 Å². The van der Waals surface area contributed by atoms with Gasteiger partial charge in [0.1, 0.15) is 6.26 Å². The Balaban J connectivity index is 1.48. The summed E-state index contributed by atoms with van der Waals surface area (Å²) < 4.78 is 5.40. The molecular weight excluding hydrogens is 396 g/mol. The van der Waals surface area contributed by atoms with Gasteiger partial charge in [0, 0.05) is 22.3 Å². The molecule has 0 fully saturated rings. The van der Waals surface area contributed by atoms with Crippen molar-refractivity contribution in [3.8, 4) is 22.6 Å². The number of carbonyl (C=O) groups excluding carboxylic acids is 1. The fourth-order valence-electron chi connectivity index (χ4n) is 3.13. The molecule has 0 aliphatic carbocycles. The normalized spacial score (nSPS) is 11.0. The van der Waals surface area contributed by atoms with E-state index in [1.54, 1.807) is 30.7 Å². The maximum atomic E-state index is 12.2. The van der Waals surface area contributed by atoms with Crippen LogP contribution in [0.15, 0.2) is 89.7 Å². The molecule has 1 aromatic heterocycles. The van der Waals surface area contributed by atoms with Crippen molar-refractivity contribution in [2.24, 2.45) is 0 Å². The van der Waals surface area contributed by atoms with E-state index in [0.717, 1.165) is 33.5 Å². The van der Waals surface area contributed by atoms with Gasteiger partial charge >= 0.3 is 0 Å². The van der Waals surface area contributed by atoms with Gasteiger partial charge in [0.25, 0.3) is 0 Å². The zero-order valence-electron chi connectivity index (χ0n) is 16.3. The highest BCUT2D eigenvalue weighted by Crippen LogP contribution is 2.29. The summed E-state index contributed by atoms with van der Waals surface area (Å²) in [5.74, 6) is 0.386. The lowest BCUT2D eigenvalue weighted by Crippen LogP contribution is -2.07. The van der Waals surface area contributed by atoms with Gasteiger partial charge in [-0.3, -0.25) is 4.79 Å². The number of nitrogens with zero attached hydrogens (tertiary/aromatic N) is 1. The predicted molar refractivity (Wildman–Crippen MR) is 121 cm³/mol. The van der Waals surface area contributed by atoms with Crippen molar-refractivity contribution in [2.75, 3.05) is 5.32 Å². The van der Waals surface area contributed by atoms with Crippen LogP contribution < -0.4 is 5.32 Å². The Kier molecular flexibility index (Phi) is 5.77. The van der Waals surface area contributed by atoms with Gasteiger partial charge < -0.3 is 9.73 Å². The Morgan fingerprint density at radius 3 is 2.57 bits per heavy atom. The first kappa shape index (κ1) is 19.7. The average Bonchev–Trinajstić information content (AvgIpc) is 3.28. The summed E-state index contributed by atoms with van der Waals surface area (Å²) in [6.45, 7) is 2.06. The monoisotopic (exact) mass is 414 g/mol. The highest BCUT2D eigenvalue weighted by atomic mass is 35.5. The van der Waals surface area contributed by atoms with Gasteiger partial charge in [-0.2, -0.15) is 0 Å². The summed E-state index contributed by atoms with van der Waals surface area (Å²) >= 11 is 5.96. The van der Waals surface area contributed by atoms with E-state index < -0.39 is 0 Å². The predicted octanol–water partition coefficient (Wildman–Crippen LogP) is 6.62. The molecule has 0 aliphatic heterocycles. The Hall–Kier alpha value is -3.63. The van der Waals surface area contributed by atoms with Crippen LogP contribution in [0, 0.1) is 6.92 Å². The van der Waals surface area contributed by atoms with Gasteiger partial charge in [-0.15, -0.1) is 0 Å². The fraction of sp³-hybridized carbons (Fsp3) is 0.0400. The van der Waals surface area contributed by atoms with Crippen molar-refractivity contribution >= 4 is 29.3 Å². The maximum Gasteiger partial charge on any atom is 0.248 e. The minimum absolute atomic E-state index is 0.204. The lowest BCUT2D eigenvalue weighted by Gasteiger charge is -2.09. The number of aromatic nitrogens is 1. The molecule has 0 saturated heterocycles. The van der Waals surface area contributed by atoms with E-state index in [1.165, 1.54) is 6.08 Å². The summed E-state index contributed by atoms with van der Waals surface area (Å²) in [4.78, 5) is 16.4. The minimum Gasteiger partial charge on any atom is -0.445 e. The zero-order valence-corrected chi connectivity index (χ0v) is 17.1. The van der Waals surface area contributed by atoms with E-state index in [1.807, 2.05) is 48.5 Å². The van der Waals surface area contributed by atoms with Crippen molar-refractivity contribution in [3.05, 3.63) is 101 Å². The molecule has 0 radical (unpaired) electrons. The second-order valence-electron chi connectivity index (χ2n) is 6.82. The maximum absolute atomic E-state index is 12.2. The van der Waals surface area contributed by atoms with Crippen LogP contribution in [-0.2, 0) is 4.79 Å². The second-order valence-corrected chi connectivity index (χ2v) is 7.26. The third-order valence-corrected chi connectivity index (χ3v) is 4.89. The van der Waals surface area contributed by atoms with E-state index in [-0.39, 0.29) is 5.91 Å². The number of halogens is 1. The summed E-state index contributed by atoms with van der Waals surface area (Å²) in [6.07, 6.45) is 6.41. The zero-order chi connectivity index (χ0) is 20.9. The summed E-state index contributed by atoms with van der Waals surface area (Å²) in [5.41, 5.74) is 5.80. The highest BCUT2D eigenvalue weighted by molar-refractivity contribution is 6.30. The van der Waals surface area contributed by atoms with E-state index in [9.17, 15) is 4.79 Å². The first-order valence-corrected chi connectivity index (χ1v) is 9.82. The summed E-state index contributed by atoms with van der Waals surface area (Å²) in [6, 6.07) is 21.2.